The number of pyridine rings is 1. The average Bonchev–Trinajstić information content (AvgIpc) is 2.51. The van der Waals surface area contributed by atoms with Gasteiger partial charge in [-0.15, -0.1) is 0 Å². The van der Waals surface area contributed by atoms with Crippen LogP contribution in [0.3, 0.4) is 0 Å². The molecule has 0 saturated carbocycles. The summed E-state index contributed by atoms with van der Waals surface area (Å²) in [5.41, 5.74) is -0.257. The molecule has 2 aromatic heterocycles. The van der Waals surface area contributed by atoms with Crippen LogP contribution in [0.1, 0.15) is 49.7 Å². The lowest BCUT2D eigenvalue weighted by Gasteiger charge is -2.14. The van der Waals surface area contributed by atoms with Crippen molar-refractivity contribution < 1.29 is 9.90 Å². The third kappa shape index (κ3) is 3.38. The molecular formula is C16H22N4O4. The molecule has 24 heavy (non-hydrogen) atoms. The van der Waals surface area contributed by atoms with Gasteiger partial charge in [0, 0.05) is 18.8 Å². The summed E-state index contributed by atoms with van der Waals surface area (Å²) in [6.45, 7) is 7.50. The molecule has 0 spiro atoms. The highest BCUT2D eigenvalue weighted by Gasteiger charge is 2.20. The first-order valence-electron chi connectivity index (χ1n) is 7.90. The number of fused-ring (bicyclic) bond motifs is 1. The van der Waals surface area contributed by atoms with E-state index in [1.165, 1.54) is 4.57 Å². The number of aliphatic hydroxyl groups is 1. The highest BCUT2D eigenvalue weighted by molar-refractivity contribution is 6.05. The van der Waals surface area contributed by atoms with Gasteiger partial charge in [0.1, 0.15) is 0 Å². The van der Waals surface area contributed by atoms with Gasteiger partial charge in [-0.05, 0) is 25.8 Å². The number of H-pyrrole nitrogens is 1. The van der Waals surface area contributed by atoms with Crippen LogP contribution >= 0.6 is 0 Å². The molecule has 0 fully saturated rings. The van der Waals surface area contributed by atoms with Crippen LogP contribution in [0.4, 0.5) is 0 Å². The first kappa shape index (κ1) is 17.9. The summed E-state index contributed by atoms with van der Waals surface area (Å²) in [5.74, 6) is -0.477. The van der Waals surface area contributed by atoms with Gasteiger partial charge in [0.15, 0.2) is 5.65 Å². The molecule has 2 rings (SSSR count). The minimum Gasteiger partial charge on any atom is -0.392 e. The molecule has 130 valence electrons. The van der Waals surface area contributed by atoms with Gasteiger partial charge in [-0.2, -0.15) is 0 Å². The minimum absolute atomic E-state index is 0.0115. The van der Waals surface area contributed by atoms with Gasteiger partial charge < -0.3 is 10.4 Å². The molecule has 0 bridgehead atoms. The zero-order valence-electron chi connectivity index (χ0n) is 14.2. The smallest absolute Gasteiger partial charge is 0.329 e. The van der Waals surface area contributed by atoms with E-state index < -0.39 is 23.3 Å². The van der Waals surface area contributed by atoms with E-state index in [9.17, 15) is 19.5 Å². The largest absolute Gasteiger partial charge is 0.392 e. The van der Waals surface area contributed by atoms with Crippen LogP contribution in [-0.2, 0) is 6.54 Å². The van der Waals surface area contributed by atoms with Crippen LogP contribution in [0, 0.1) is 0 Å². The zero-order valence-corrected chi connectivity index (χ0v) is 14.2. The molecule has 0 radical (unpaired) electrons. The Balaban J connectivity index is 2.79. The lowest BCUT2D eigenvalue weighted by atomic mass is 10.0. The maximum Gasteiger partial charge on any atom is 0.329 e. The van der Waals surface area contributed by atoms with Crippen molar-refractivity contribution in [1.29, 1.82) is 0 Å². The highest BCUT2D eigenvalue weighted by atomic mass is 16.3. The van der Waals surface area contributed by atoms with Crippen LogP contribution in [0.5, 0.6) is 0 Å². The minimum atomic E-state index is -0.710. The number of aromatic amines is 1. The van der Waals surface area contributed by atoms with Gasteiger partial charge >= 0.3 is 5.69 Å². The van der Waals surface area contributed by atoms with E-state index in [-0.39, 0.29) is 29.1 Å². The Morgan fingerprint density at radius 2 is 2.04 bits per heavy atom. The molecule has 1 amide bonds. The summed E-state index contributed by atoms with van der Waals surface area (Å²) in [6.07, 6.45) is -0.710. The van der Waals surface area contributed by atoms with Crippen molar-refractivity contribution in [3.05, 3.63) is 38.2 Å². The molecule has 1 atom stereocenters. The molecule has 1 unspecified atom stereocenters. The number of rotatable bonds is 5. The first-order chi connectivity index (χ1) is 11.3. The average molecular weight is 334 g/mol. The summed E-state index contributed by atoms with van der Waals surface area (Å²) in [6, 6.07) is 1.56. The van der Waals surface area contributed by atoms with E-state index in [0.29, 0.717) is 12.2 Å². The Labute approximate surface area is 138 Å². The second-order valence-corrected chi connectivity index (χ2v) is 6.01. The number of carbonyl (C=O) groups is 1. The second-order valence-electron chi connectivity index (χ2n) is 6.01. The fraction of sp³-hybridized carbons (Fsp3) is 0.500. The number of carbonyl (C=O) groups excluding carboxylic acids is 1. The number of aryl methyl sites for hydroxylation is 1. The highest BCUT2D eigenvalue weighted by Crippen LogP contribution is 2.19. The van der Waals surface area contributed by atoms with Crippen molar-refractivity contribution in [2.75, 3.05) is 6.54 Å². The van der Waals surface area contributed by atoms with Crippen LogP contribution in [0.15, 0.2) is 15.7 Å². The van der Waals surface area contributed by atoms with Crippen LogP contribution in [0.2, 0.25) is 0 Å². The predicted molar refractivity (Wildman–Crippen MR) is 90.4 cm³/mol. The number of amides is 1. The normalized spacial score (nSPS) is 12.6. The quantitative estimate of drug-likeness (QED) is 0.729. The lowest BCUT2D eigenvalue weighted by molar-refractivity contribution is 0.0925. The van der Waals surface area contributed by atoms with E-state index in [1.807, 2.05) is 13.8 Å². The van der Waals surface area contributed by atoms with Gasteiger partial charge in [0.25, 0.3) is 11.5 Å². The number of nitrogens with one attached hydrogen (secondary N) is 2. The van der Waals surface area contributed by atoms with Crippen molar-refractivity contribution >= 4 is 16.9 Å². The fourth-order valence-corrected chi connectivity index (χ4v) is 2.40. The van der Waals surface area contributed by atoms with Gasteiger partial charge in [0.05, 0.1) is 17.1 Å². The fourth-order valence-electron chi connectivity index (χ4n) is 2.40. The van der Waals surface area contributed by atoms with Gasteiger partial charge in [0.2, 0.25) is 0 Å². The third-order valence-electron chi connectivity index (χ3n) is 3.68. The number of hydrogen-bond acceptors (Lipinski definition) is 5. The van der Waals surface area contributed by atoms with Gasteiger partial charge in [-0.3, -0.25) is 19.1 Å². The molecule has 0 saturated heterocycles. The molecule has 8 heteroatoms. The Morgan fingerprint density at radius 3 is 2.58 bits per heavy atom. The lowest BCUT2D eigenvalue weighted by Crippen LogP contribution is -2.35. The Kier molecular flexibility index (Phi) is 5.18. The molecule has 0 aliphatic rings. The van der Waals surface area contributed by atoms with Crippen LogP contribution in [0.25, 0.3) is 11.0 Å². The number of aromatic nitrogens is 3. The first-order valence-corrected chi connectivity index (χ1v) is 7.90. The molecule has 2 aromatic rings. The molecule has 0 aliphatic heterocycles. The number of nitrogens with zero attached hydrogens (tertiary/aromatic N) is 2. The van der Waals surface area contributed by atoms with Crippen molar-refractivity contribution in [2.24, 2.45) is 0 Å². The van der Waals surface area contributed by atoms with Crippen LogP contribution < -0.4 is 16.6 Å². The van der Waals surface area contributed by atoms with Crippen molar-refractivity contribution in [3.63, 3.8) is 0 Å². The molecule has 2 heterocycles. The second kappa shape index (κ2) is 6.96. The zero-order chi connectivity index (χ0) is 18.0. The third-order valence-corrected chi connectivity index (χ3v) is 3.68. The SMILES string of the molecule is CCn1c(=O)[nH]c(=O)c2c(C(=O)NCC(C)O)cc(C(C)C)nc21. The molecule has 3 N–H and O–H groups in total. The summed E-state index contributed by atoms with van der Waals surface area (Å²) in [7, 11) is 0. The summed E-state index contributed by atoms with van der Waals surface area (Å²) >= 11 is 0. The van der Waals surface area contributed by atoms with E-state index in [0.717, 1.165) is 0 Å². The topological polar surface area (TPSA) is 117 Å². The predicted octanol–water partition coefficient (Wildman–Crippen LogP) is 0.339. The standard InChI is InChI=1S/C16H22N4O4/c1-5-20-13-12(15(23)19-16(20)24)10(6-11(18-13)8(2)3)14(22)17-7-9(4)21/h6,8-9,21H,5,7H2,1-4H3,(H,17,22)(H,19,23,24). The monoisotopic (exact) mass is 334 g/mol. The summed E-state index contributed by atoms with van der Waals surface area (Å²) < 4.78 is 1.33. The number of hydrogen-bond donors (Lipinski definition) is 3. The van der Waals surface area contributed by atoms with Gasteiger partial charge in [-0.25, -0.2) is 9.78 Å². The number of aliphatic hydroxyl groups excluding tert-OH is 1. The van der Waals surface area contributed by atoms with Crippen molar-refractivity contribution in [3.8, 4) is 0 Å². The molecule has 8 nitrogen and oxygen atoms in total. The molecule has 0 aromatic carbocycles. The molecule has 0 aliphatic carbocycles. The Bertz CT molecular complexity index is 880. The van der Waals surface area contributed by atoms with E-state index >= 15 is 0 Å². The van der Waals surface area contributed by atoms with E-state index in [4.69, 9.17) is 0 Å². The van der Waals surface area contributed by atoms with E-state index in [2.05, 4.69) is 15.3 Å². The maximum atomic E-state index is 12.5. The summed E-state index contributed by atoms with van der Waals surface area (Å²) in [4.78, 5) is 43.4. The van der Waals surface area contributed by atoms with Crippen molar-refractivity contribution in [2.45, 2.75) is 46.3 Å². The summed E-state index contributed by atoms with van der Waals surface area (Å²) in [5, 5.41) is 12.0. The van der Waals surface area contributed by atoms with Gasteiger partial charge in [-0.1, -0.05) is 13.8 Å². The Morgan fingerprint density at radius 1 is 1.38 bits per heavy atom. The van der Waals surface area contributed by atoms with Crippen LogP contribution in [-0.4, -0.2) is 38.2 Å². The van der Waals surface area contributed by atoms with E-state index in [1.54, 1.807) is 19.9 Å². The van der Waals surface area contributed by atoms with Crippen molar-refractivity contribution in [1.82, 2.24) is 19.9 Å². The Hall–Kier alpha value is -2.48. The molecular weight excluding hydrogens is 312 g/mol. The maximum absolute atomic E-state index is 12.5.